The Kier molecular flexibility index (Phi) is 6.43. The van der Waals surface area contributed by atoms with Crippen molar-refractivity contribution in [2.24, 2.45) is 5.10 Å². The van der Waals surface area contributed by atoms with Gasteiger partial charge in [0.1, 0.15) is 11.3 Å². The second kappa shape index (κ2) is 9.49. The third-order valence-corrected chi connectivity index (χ3v) is 5.82. The molecule has 3 N–H and O–H groups in total. The molecule has 0 aliphatic carbocycles. The first-order valence-electron chi connectivity index (χ1n) is 10.8. The number of nitrogens with one attached hydrogen (secondary N) is 1. The molecule has 188 valence electrons. The number of phenols is 1. The lowest BCUT2D eigenvalue weighted by atomic mass is 9.98. The van der Waals surface area contributed by atoms with Gasteiger partial charge in [-0.2, -0.15) is 5.10 Å². The summed E-state index contributed by atoms with van der Waals surface area (Å²) in [5.74, 6) is -0.784. The van der Waals surface area contributed by atoms with Crippen molar-refractivity contribution in [3.8, 4) is 34.6 Å². The zero-order valence-electron chi connectivity index (χ0n) is 19.9. The van der Waals surface area contributed by atoms with Gasteiger partial charge in [0.15, 0.2) is 11.5 Å². The molecule has 36 heavy (non-hydrogen) atoms. The van der Waals surface area contributed by atoms with Crippen LogP contribution in [0, 0.1) is 0 Å². The number of carbonyl (C=O) groups excluding carboxylic acids is 1. The predicted molar refractivity (Wildman–Crippen MR) is 129 cm³/mol. The molecule has 0 radical (unpaired) electrons. The molecule has 0 spiro atoms. The topological polar surface area (TPSA) is 156 Å². The SMILES string of the molecule is COc1ccccc1-n1c(O)c(C2=NN(C(C)=O)C(c3cc(OC)c(O)c(OC)c3)C2)c(=O)[nH]c1=O. The van der Waals surface area contributed by atoms with Gasteiger partial charge >= 0.3 is 5.69 Å². The van der Waals surface area contributed by atoms with Crippen molar-refractivity contribution in [2.75, 3.05) is 21.3 Å². The summed E-state index contributed by atoms with van der Waals surface area (Å²) in [7, 11) is 4.15. The molecule has 0 saturated carbocycles. The van der Waals surface area contributed by atoms with Crippen LogP contribution in [0.4, 0.5) is 0 Å². The van der Waals surface area contributed by atoms with Crippen LogP contribution in [0.1, 0.15) is 30.5 Å². The Hall–Kier alpha value is -4.74. The molecule has 3 aromatic rings. The van der Waals surface area contributed by atoms with E-state index in [-0.39, 0.29) is 46.4 Å². The standard InChI is InChI=1S/C24H24N4O8/c1-12(29)28-16(13-9-18(35-3)21(30)19(10-13)36-4)11-14(26-28)20-22(31)25-24(33)27(23(20)32)15-7-5-6-8-17(15)34-2/h5-10,16,30,32H,11H2,1-4H3,(H,25,31,33). The molecular weight excluding hydrogens is 472 g/mol. The number of para-hydroxylation sites is 2. The average molecular weight is 496 g/mol. The molecule has 1 aliphatic rings. The summed E-state index contributed by atoms with van der Waals surface area (Å²) in [5, 5.41) is 26.8. The smallest absolute Gasteiger partial charge is 0.335 e. The fourth-order valence-electron chi connectivity index (χ4n) is 4.14. The molecular formula is C24H24N4O8. The fraction of sp³-hybridized carbons (Fsp3) is 0.250. The number of nitrogens with zero attached hydrogens (tertiary/aromatic N) is 3. The van der Waals surface area contributed by atoms with Crippen LogP contribution in [0.3, 0.4) is 0 Å². The summed E-state index contributed by atoms with van der Waals surface area (Å²) in [6.07, 6.45) is 0.0113. The molecule has 2 aromatic carbocycles. The maximum Gasteiger partial charge on any atom is 0.335 e. The second-order valence-electron chi connectivity index (χ2n) is 7.87. The lowest BCUT2D eigenvalue weighted by Gasteiger charge is -2.22. The van der Waals surface area contributed by atoms with Crippen molar-refractivity contribution < 1.29 is 29.2 Å². The summed E-state index contributed by atoms with van der Waals surface area (Å²) >= 11 is 0. The lowest BCUT2D eigenvalue weighted by molar-refractivity contribution is -0.130. The first-order valence-corrected chi connectivity index (χ1v) is 10.8. The van der Waals surface area contributed by atoms with Crippen LogP contribution in [0.2, 0.25) is 0 Å². The van der Waals surface area contributed by atoms with Gasteiger partial charge in [-0.1, -0.05) is 12.1 Å². The molecule has 0 fully saturated rings. The minimum atomic E-state index is -0.877. The molecule has 1 aliphatic heterocycles. The van der Waals surface area contributed by atoms with Gasteiger partial charge in [0, 0.05) is 13.3 Å². The van der Waals surface area contributed by atoms with E-state index >= 15 is 0 Å². The van der Waals surface area contributed by atoms with Crippen molar-refractivity contribution >= 4 is 11.6 Å². The minimum absolute atomic E-state index is 0.0113. The predicted octanol–water partition coefficient (Wildman–Crippen LogP) is 1.66. The summed E-state index contributed by atoms with van der Waals surface area (Å²) in [5.41, 5.74) is -1.24. The Balaban J connectivity index is 1.86. The molecule has 1 atom stereocenters. The molecule has 1 amide bonds. The van der Waals surface area contributed by atoms with E-state index in [0.29, 0.717) is 5.56 Å². The first-order chi connectivity index (χ1) is 17.2. The first kappa shape index (κ1) is 24.4. The van der Waals surface area contributed by atoms with Crippen molar-refractivity contribution in [3.05, 3.63) is 68.4 Å². The van der Waals surface area contributed by atoms with Gasteiger partial charge < -0.3 is 24.4 Å². The van der Waals surface area contributed by atoms with Gasteiger partial charge in [0.2, 0.25) is 17.5 Å². The molecule has 12 nitrogen and oxygen atoms in total. The number of hydrogen-bond acceptors (Lipinski definition) is 9. The normalized spacial score (nSPS) is 14.9. The van der Waals surface area contributed by atoms with E-state index in [9.17, 15) is 24.6 Å². The van der Waals surface area contributed by atoms with E-state index in [1.165, 1.54) is 46.5 Å². The lowest BCUT2D eigenvalue weighted by Crippen LogP contribution is -2.33. The van der Waals surface area contributed by atoms with Crippen molar-refractivity contribution in [1.29, 1.82) is 0 Å². The van der Waals surface area contributed by atoms with E-state index < -0.39 is 29.1 Å². The number of ether oxygens (including phenoxy) is 3. The monoisotopic (exact) mass is 496 g/mol. The highest BCUT2D eigenvalue weighted by atomic mass is 16.5. The maximum absolute atomic E-state index is 12.8. The van der Waals surface area contributed by atoms with Crippen LogP contribution in [-0.4, -0.2) is 57.7 Å². The molecule has 4 rings (SSSR count). The summed E-state index contributed by atoms with van der Waals surface area (Å²) in [6.45, 7) is 1.30. The van der Waals surface area contributed by atoms with Gasteiger partial charge in [0.25, 0.3) is 5.56 Å². The molecule has 1 unspecified atom stereocenters. The fourth-order valence-corrected chi connectivity index (χ4v) is 4.14. The minimum Gasteiger partial charge on any atom is -0.502 e. The summed E-state index contributed by atoms with van der Waals surface area (Å²) in [6, 6.07) is 8.80. The number of aromatic hydroxyl groups is 2. The number of aromatic amines is 1. The van der Waals surface area contributed by atoms with Crippen molar-refractivity contribution in [2.45, 2.75) is 19.4 Å². The van der Waals surface area contributed by atoms with Crippen LogP contribution in [-0.2, 0) is 4.79 Å². The van der Waals surface area contributed by atoms with Gasteiger partial charge in [-0.25, -0.2) is 14.4 Å². The second-order valence-corrected chi connectivity index (χ2v) is 7.87. The number of H-pyrrole nitrogens is 1. The van der Waals surface area contributed by atoms with Gasteiger partial charge in [0.05, 0.1) is 38.8 Å². The Morgan fingerprint density at radius 1 is 1.03 bits per heavy atom. The number of phenolic OH excluding ortho intramolecular Hbond substituents is 1. The van der Waals surface area contributed by atoms with E-state index in [0.717, 1.165) is 9.58 Å². The quantitative estimate of drug-likeness (QED) is 0.465. The zero-order valence-corrected chi connectivity index (χ0v) is 19.9. The van der Waals surface area contributed by atoms with Gasteiger partial charge in [-0.15, -0.1) is 0 Å². The molecule has 1 aromatic heterocycles. The van der Waals surface area contributed by atoms with Gasteiger partial charge in [-0.05, 0) is 29.8 Å². The Morgan fingerprint density at radius 2 is 1.64 bits per heavy atom. The van der Waals surface area contributed by atoms with Crippen LogP contribution in [0.25, 0.3) is 5.69 Å². The number of rotatable bonds is 6. The number of aromatic nitrogens is 2. The molecule has 2 heterocycles. The number of hydrazone groups is 1. The van der Waals surface area contributed by atoms with Crippen LogP contribution in [0.15, 0.2) is 51.1 Å². The summed E-state index contributed by atoms with van der Waals surface area (Å²) in [4.78, 5) is 40.2. The van der Waals surface area contributed by atoms with E-state index in [1.807, 2.05) is 0 Å². The largest absolute Gasteiger partial charge is 0.502 e. The van der Waals surface area contributed by atoms with Crippen LogP contribution in [0.5, 0.6) is 28.9 Å². The highest BCUT2D eigenvalue weighted by Crippen LogP contribution is 2.42. The third-order valence-electron chi connectivity index (χ3n) is 5.82. The van der Waals surface area contributed by atoms with Crippen LogP contribution < -0.4 is 25.5 Å². The average Bonchev–Trinajstić information content (AvgIpc) is 3.29. The number of carbonyl (C=O) groups is 1. The molecule has 0 bridgehead atoms. The Labute approximate surface area is 204 Å². The van der Waals surface area contributed by atoms with Crippen molar-refractivity contribution in [1.82, 2.24) is 14.6 Å². The Morgan fingerprint density at radius 3 is 2.22 bits per heavy atom. The highest BCUT2D eigenvalue weighted by molar-refractivity contribution is 6.04. The van der Waals surface area contributed by atoms with E-state index in [1.54, 1.807) is 18.2 Å². The number of benzene rings is 2. The Bertz CT molecular complexity index is 1470. The third kappa shape index (κ3) is 4.02. The van der Waals surface area contributed by atoms with Crippen molar-refractivity contribution in [3.63, 3.8) is 0 Å². The maximum atomic E-state index is 12.8. The number of hydrogen-bond donors (Lipinski definition) is 3. The molecule has 0 saturated heterocycles. The molecule has 12 heteroatoms. The van der Waals surface area contributed by atoms with Crippen LogP contribution >= 0.6 is 0 Å². The van der Waals surface area contributed by atoms with E-state index in [4.69, 9.17) is 14.2 Å². The zero-order chi connectivity index (χ0) is 26.1. The van der Waals surface area contributed by atoms with Gasteiger partial charge in [-0.3, -0.25) is 14.6 Å². The highest BCUT2D eigenvalue weighted by Gasteiger charge is 2.35. The number of methoxy groups -OCH3 is 3. The number of amides is 1. The van der Waals surface area contributed by atoms with E-state index in [2.05, 4.69) is 10.1 Å². The summed E-state index contributed by atoms with van der Waals surface area (Å²) < 4.78 is 16.6.